The van der Waals surface area contributed by atoms with E-state index in [-0.39, 0.29) is 57.5 Å². The van der Waals surface area contributed by atoms with Gasteiger partial charge in [-0.3, -0.25) is 43.0 Å². The van der Waals surface area contributed by atoms with E-state index in [2.05, 4.69) is 83.8 Å². The van der Waals surface area contributed by atoms with Gasteiger partial charge < -0.3 is 49.4 Å². The first-order valence-electron chi connectivity index (χ1n) is 25.9. The van der Waals surface area contributed by atoms with E-state index in [1.165, 1.54) is 69.7 Å². The average molecular weight is 1280 g/mol. The molecule has 0 aliphatic carbocycles. The van der Waals surface area contributed by atoms with Gasteiger partial charge in [-0.15, -0.1) is 0 Å². The van der Waals surface area contributed by atoms with Gasteiger partial charge in [0.05, 0.1) is 58.9 Å². The standard InChI is InChI=1S/C29H31N5O6S.C26H25N5O3.C3H6O3S.HI/c1-29(2)23-15-19(18-31-12-6-14-41(38,39)40)9-10-24(23)34-13-11-20(16-25(29)34)21(17-30)7-5-8-22-26(35)32(3)28(37)33(4)27(22)36;1-26(2)20-12-16(14-27)8-9-21(20)31-11-10-17(13-22(26)31)18(15-28)6-5-7-19-23(32)29(3)25(34)30(4)24(19)33;4-7(5)3-1-2-6-7;/h5,7-11,13,15-16,31H,6,12,14,18H2,1-4H3,(H,38,39,40);5-13H,14,27H2,1-4H3;1-3H2;1H. The summed E-state index contributed by atoms with van der Waals surface area (Å²) in [5.74, 6) is -2.93. The van der Waals surface area contributed by atoms with Crippen molar-refractivity contribution < 1.29 is 89.4 Å². The number of allylic oxidation sites excluding steroid dienone is 16. The second-order valence-electron chi connectivity index (χ2n) is 20.8. The van der Waals surface area contributed by atoms with E-state index in [4.69, 9.17) is 0 Å². The molecular formula is C58H63IN10O12S2. The number of urea groups is 2. The number of nitriles is 2. The zero-order valence-electron chi connectivity index (χ0n) is 47.0. The first kappa shape index (κ1) is 64.3. The number of quaternary nitrogens is 2. The Bertz CT molecular complexity index is 3680. The Hall–Kier alpha value is -7.89. The van der Waals surface area contributed by atoms with Crippen LogP contribution in [0.3, 0.4) is 0 Å². The van der Waals surface area contributed by atoms with Gasteiger partial charge in [0.25, 0.3) is 33.7 Å². The van der Waals surface area contributed by atoms with Crippen LogP contribution in [0.2, 0.25) is 0 Å². The number of likely N-dealkylation sites (N-methyl/N-ethyl adjacent to an activating group) is 4. The summed E-state index contributed by atoms with van der Waals surface area (Å²) in [6, 6.07) is 15.5. The molecule has 7 aliphatic heterocycles. The van der Waals surface area contributed by atoms with E-state index in [1.807, 2.05) is 54.2 Å². The van der Waals surface area contributed by atoms with E-state index in [1.54, 1.807) is 6.08 Å². The number of halogens is 1. The van der Waals surface area contributed by atoms with Crippen molar-refractivity contribution in [3.8, 4) is 12.1 Å². The van der Waals surface area contributed by atoms with Gasteiger partial charge in [0.15, 0.2) is 0 Å². The van der Waals surface area contributed by atoms with Gasteiger partial charge in [0.2, 0.25) is 0 Å². The van der Waals surface area contributed by atoms with E-state index in [0.29, 0.717) is 55.8 Å². The number of benzene rings is 2. The van der Waals surface area contributed by atoms with Crippen LogP contribution in [0.15, 0.2) is 154 Å². The smallest absolute Gasteiger partial charge is 0.333 e. The van der Waals surface area contributed by atoms with Crippen molar-refractivity contribution in [2.45, 2.75) is 64.5 Å². The monoisotopic (exact) mass is 1280 g/mol. The number of fused-ring (bicyclic) bond motifs is 6. The van der Waals surface area contributed by atoms with Crippen LogP contribution in [-0.2, 0) is 67.5 Å². The fraction of sp³-hybridized carbons (Fsp3) is 0.310. The fourth-order valence-electron chi connectivity index (χ4n) is 9.88. The maximum Gasteiger partial charge on any atom is 0.333 e. The van der Waals surface area contributed by atoms with Crippen molar-refractivity contribution in [2.75, 3.05) is 62.6 Å². The van der Waals surface area contributed by atoms with Crippen molar-refractivity contribution >= 4 is 67.3 Å². The Kier molecular flexibility index (Phi) is 19.9. The molecule has 3 fully saturated rings. The normalized spacial score (nSPS) is 20.3. The molecule has 2 aromatic carbocycles. The van der Waals surface area contributed by atoms with Crippen molar-refractivity contribution in [3.63, 3.8) is 0 Å². The molecule has 7 aliphatic rings. The van der Waals surface area contributed by atoms with Crippen LogP contribution in [0.1, 0.15) is 62.8 Å². The Morgan fingerprint density at radius 2 is 1.14 bits per heavy atom. The molecule has 25 heteroatoms. The summed E-state index contributed by atoms with van der Waals surface area (Å²) in [5.41, 5.74) is 13.9. The van der Waals surface area contributed by atoms with Crippen LogP contribution >= 0.6 is 0 Å². The van der Waals surface area contributed by atoms with E-state index >= 15 is 0 Å². The number of hydrogen-bond donors (Lipinski definition) is 2. The molecule has 0 saturated carbocycles. The number of barbiturate groups is 2. The molecule has 9 rings (SSSR count). The maximum absolute atomic E-state index is 12.4. The van der Waals surface area contributed by atoms with Crippen LogP contribution < -0.4 is 44.8 Å². The van der Waals surface area contributed by atoms with E-state index in [9.17, 15) is 60.7 Å². The summed E-state index contributed by atoms with van der Waals surface area (Å²) in [6.07, 6.45) is 21.1. The van der Waals surface area contributed by atoms with Crippen LogP contribution in [0.25, 0.3) is 0 Å². The SMILES string of the molecule is CN1C(=O)C(=CC=CC(C#N)=C2C=CN3C(=C2)C(C)(C)c2cc(C[NH2+]CCCS(=O)(=O)[O-])ccc23)C(=O)N(C)C1=O.CN1C(=O)C(=CC=CC(C#N)=C2C=CN3C(=C2)C(C)(C)c2cc(C[NH3+])ccc23)C(=O)N(C)C1=O.O=S1(=O)CCCO1.[I-]. The molecule has 2 aromatic rings. The average Bonchev–Trinajstić information content (AvgIpc) is 3.93. The summed E-state index contributed by atoms with van der Waals surface area (Å²) in [5, 5.41) is 21.6. The van der Waals surface area contributed by atoms with E-state index in [0.717, 1.165) is 59.1 Å². The van der Waals surface area contributed by atoms with Gasteiger partial charge in [-0.1, -0.05) is 52.0 Å². The molecule has 8 amide bonds. The summed E-state index contributed by atoms with van der Waals surface area (Å²) in [6.45, 7) is 10.8. The first-order valence-corrected chi connectivity index (χ1v) is 29.1. The zero-order valence-corrected chi connectivity index (χ0v) is 50.8. The van der Waals surface area contributed by atoms with Gasteiger partial charge in [0, 0.05) is 97.5 Å². The summed E-state index contributed by atoms with van der Waals surface area (Å²) in [7, 11) is -2.01. The minimum atomic E-state index is -4.20. The Morgan fingerprint density at radius 3 is 1.51 bits per heavy atom. The molecule has 0 bridgehead atoms. The van der Waals surface area contributed by atoms with Crippen LogP contribution in [-0.4, -0.2) is 130 Å². The van der Waals surface area contributed by atoms with Gasteiger partial charge >= 0.3 is 12.1 Å². The molecule has 0 atom stereocenters. The molecule has 83 heavy (non-hydrogen) atoms. The molecule has 0 spiro atoms. The number of rotatable bonds is 11. The molecule has 3 saturated heterocycles. The number of amides is 8. The van der Waals surface area contributed by atoms with Crippen molar-refractivity contribution in [3.05, 3.63) is 177 Å². The lowest BCUT2D eigenvalue weighted by Crippen LogP contribution is -3.00. The summed E-state index contributed by atoms with van der Waals surface area (Å²) in [4.78, 5) is 81.0. The largest absolute Gasteiger partial charge is 1.00 e. The number of nitrogens with zero attached hydrogens (tertiary/aromatic N) is 8. The molecule has 22 nitrogen and oxygen atoms in total. The summed E-state index contributed by atoms with van der Waals surface area (Å²) < 4.78 is 57.1. The molecule has 7 heterocycles. The highest BCUT2D eigenvalue weighted by Gasteiger charge is 2.43. The number of hydrogen-bond acceptors (Lipinski definition) is 16. The Balaban J connectivity index is 0.000000238. The van der Waals surface area contributed by atoms with Crippen LogP contribution in [0.5, 0.6) is 0 Å². The molecule has 436 valence electrons. The summed E-state index contributed by atoms with van der Waals surface area (Å²) >= 11 is 0. The highest BCUT2D eigenvalue weighted by atomic mass is 127. The van der Waals surface area contributed by atoms with Crippen molar-refractivity contribution in [1.29, 1.82) is 10.5 Å². The first-order chi connectivity index (χ1) is 38.6. The topological polar surface area (TPSA) is 314 Å². The molecular weight excluding hydrogens is 1220 g/mol. The number of carbonyl (C=O) groups excluding carboxylic acids is 6. The number of imide groups is 4. The number of nitrogens with two attached hydrogens (primary N) is 1. The maximum atomic E-state index is 12.4. The second kappa shape index (κ2) is 25.7. The third-order valence-electron chi connectivity index (χ3n) is 14.7. The molecule has 5 N–H and O–H groups in total. The lowest BCUT2D eigenvalue weighted by atomic mass is 9.82. The van der Waals surface area contributed by atoms with Crippen molar-refractivity contribution in [2.24, 2.45) is 0 Å². The fourth-order valence-corrected chi connectivity index (χ4v) is 11.4. The quantitative estimate of drug-likeness (QED) is 0.0591. The second-order valence-corrected chi connectivity index (χ2v) is 24.1. The third kappa shape index (κ3) is 13.6. The Labute approximate surface area is 499 Å². The lowest BCUT2D eigenvalue weighted by Gasteiger charge is -2.28. The Morgan fingerprint density at radius 1 is 0.723 bits per heavy atom. The van der Waals surface area contributed by atoms with Gasteiger partial charge in [-0.05, 0) is 102 Å². The van der Waals surface area contributed by atoms with Crippen LogP contribution in [0, 0.1) is 22.7 Å². The number of anilines is 2. The van der Waals surface area contributed by atoms with E-state index < -0.39 is 55.9 Å². The highest BCUT2D eigenvalue weighted by Crippen LogP contribution is 2.51. The van der Waals surface area contributed by atoms with Gasteiger partial charge in [-0.2, -0.15) is 18.9 Å². The van der Waals surface area contributed by atoms with Crippen LogP contribution in [0.4, 0.5) is 21.0 Å². The van der Waals surface area contributed by atoms with Gasteiger partial charge in [0.1, 0.15) is 17.7 Å². The predicted octanol–water partition coefficient (Wildman–Crippen LogP) is 0.578. The zero-order chi connectivity index (χ0) is 60.2. The number of carbonyl (C=O) groups is 6. The highest BCUT2D eigenvalue weighted by molar-refractivity contribution is 7.86. The third-order valence-corrected chi connectivity index (χ3v) is 16.8. The predicted molar refractivity (Wildman–Crippen MR) is 301 cm³/mol. The minimum absolute atomic E-state index is 0. The molecule has 0 unspecified atom stereocenters. The lowest BCUT2D eigenvalue weighted by molar-refractivity contribution is -0.670. The van der Waals surface area contributed by atoms with Crippen molar-refractivity contribution in [1.82, 2.24) is 19.6 Å². The van der Waals surface area contributed by atoms with Gasteiger partial charge in [-0.25, -0.2) is 18.0 Å². The molecule has 0 radical (unpaired) electrons. The minimum Gasteiger partial charge on any atom is -1.00 e. The molecule has 0 aromatic heterocycles.